The average molecular weight is 483 g/mol. The van der Waals surface area contributed by atoms with Gasteiger partial charge in [-0.15, -0.1) is 11.3 Å². The first-order valence-electron chi connectivity index (χ1n) is 9.43. The van der Waals surface area contributed by atoms with Crippen LogP contribution in [0.5, 0.6) is 0 Å². The van der Waals surface area contributed by atoms with E-state index in [1.807, 2.05) is 6.07 Å². The van der Waals surface area contributed by atoms with Crippen molar-refractivity contribution < 1.29 is 4.79 Å². The van der Waals surface area contributed by atoms with Gasteiger partial charge in [-0.3, -0.25) is 14.2 Å². The maximum absolute atomic E-state index is 12.6. The highest BCUT2D eigenvalue weighted by Crippen LogP contribution is 2.21. The number of fused-ring (bicyclic) bond motifs is 1. The second-order valence-electron chi connectivity index (χ2n) is 7.00. The molecule has 0 fully saturated rings. The maximum atomic E-state index is 12.6. The average Bonchev–Trinajstić information content (AvgIpc) is 3.16. The lowest BCUT2D eigenvalue weighted by Gasteiger charge is -2.06. The van der Waals surface area contributed by atoms with Crippen LogP contribution in [0.15, 0.2) is 64.3 Å². The number of amides is 1. The lowest BCUT2D eigenvalue weighted by atomic mass is 10.1. The number of anilines is 1. The molecule has 30 heavy (non-hydrogen) atoms. The maximum Gasteiger partial charge on any atom is 0.261 e. The Morgan fingerprint density at radius 3 is 2.77 bits per heavy atom. The van der Waals surface area contributed by atoms with E-state index >= 15 is 0 Å². The van der Waals surface area contributed by atoms with Crippen LogP contribution in [-0.2, 0) is 17.8 Å². The van der Waals surface area contributed by atoms with E-state index in [2.05, 4.69) is 62.4 Å². The van der Waals surface area contributed by atoms with Crippen LogP contribution in [0.3, 0.4) is 0 Å². The van der Waals surface area contributed by atoms with Crippen LogP contribution >= 0.6 is 27.3 Å². The molecular formula is C22H19BrN4O2S. The molecule has 2 aromatic heterocycles. The molecule has 0 aliphatic carbocycles. The highest BCUT2D eigenvalue weighted by molar-refractivity contribution is 9.10. The summed E-state index contributed by atoms with van der Waals surface area (Å²) in [4.78, 5) is 34.6. The highest BCUT2D eigenvalue weighted by atomic mass is 79.9. The largest absolute Gasteiger partial charge is 0.302 e. The Bertz CT molecular complexity index is 1260. The van der Waals surface area contributed by atoms with Gasteiger partial charge in [-0.2, -0.15) is 0 Å². The molecule has 1 N–H and O–H groups in total. The zero-order valence-corrected chi connectivity index (χ0v) is 18.7. The number of hydrogen-bond donors (Lipinski definition) is 1. The molecule has 2 aromatic carbocycles. The van der Waals surface area contributed by atoms with Crippen molar-refractivity contribution in [3.8, 4) is 0 Å². The zero-order chi connectivity index (χ0) is 21.1. The smallest absolute Gasteiger partial charge is 0.261 e. The van der Waals surface area contributed by atoms with Crippen LogP contribution in [0.2, 0.25) is 0 Å². The first-order valence-corrected chi connectivity index (χ1v) is 11.0. The first kappa shape index (κ1) is 20.4. The minimum atomic E-state index is -0.188. The fourth-order valence-corrected chi connectivity index (χ4v) is 4.27. The SMILES string of the molecule is Cc1ccc(Cc2cnc(NC(=O)CCn3cnc4ccc(Br)cc4c3=O)s2)cc1. The van der Waals surface area contributed by atoms with Gasteiger partial charge in [0.15, 0.2) is 5.13 Å². The Kier molecular flexibility index (Phi) is 6.06. The van der Waals surface area contributed by atoms with Gasteiger partial charge < -0.3 is 5.32 Å². The molecule has 0 aliphatic rings. The van der Waals surface area contributed by atoms with Crippen molar-refractivity contribution in [1.82, 2.24) is 14.5 Å². The quantitative estimate of drug-likeness (QED) is 0.437. The number of carbonyl (C=O) groups excluding carboxylic acids is 1. The highest BCUT2D eigenvalue weighted by Gasteiger charge is 2.10. The van der Waals surface area contributed by atoms with Crippen LogP contribution in [0, 0.1) is 6.92 Å². The van der Waals surface area contributed by atoms with E-state index in [1.165, 1.54) is 33.4 Å². The summed E-state index contributed by atoms with van der Waals surface area (Å²) in [6, 6.07) is 13.7. The lowest BCUT2D eigenvalue weighted by molar-refractivity contribution is -0.116. The summed E-state index contributed by atoms with van der Waals surface area (Å²) < 4.78 is 2.27. The first-order chi connectivity index (χ1) is 14.5. The van der Waals surface area contributed by atoms with Gasteiger partial charge in [0.2, 0.25) is 5.91 Å². The third-order valence-corrected chi connectivity index (χ3v) is 6.07. The molecule has 2 heterocycles. The van der Waals surface area contributed by atoms with E-state index in [1.54, 1.807) is 18.3 Å². The molecule has 152 valence electrons. The topological polar surface area (TPSA) is 76.9 Å². The number of halogens is 1. The Balaban J connectivity index is 1.37. The van der Waals surface area contributed by atoms with E-state index in [4.69, 9.17) is 0 Å². The van der Waals surface area contributed by atoms with Crippen LogP contribution in [0.25, 0.3) is 10.9 Å². The third kappa shape index (κ3) is 4.83. The van der Waals surface area contributed by atoms with Crippen molar-refractivity contribution in [2.24, 2.45) is 0 Å². The number of rotatable bonds is 6. The molecule has 4 aromatic rings. The van der Waals surface area contributed by atoms with Gasteiger partial charge in [-0.05, 0) is 30.7 Å². The fraction of sp³-hybridized carbons (Fsp3) is 0.182. The Morgan fingerprint density at radius 1 is 1.17 bits per heavy atom. The van der Waals surface area contributed by atoms with Crippen molar-refractivity contribution in [3.63, 3.8) is 0 Å². The van der Waals surface area contributed by atoms with Crippen LogP contribution in [-0.4, -0.2) is 20.4 Å². The van der Waals surface area contributed by atoms with Crippen molar-refractivity contribution in [2.75, 3.05) is 5.32 Å². The number of aryl methyl sites for hydroxylation is 2. The number of carbonyl (C=O) groups is 1. The van der Waals surface area contributed by atoms with Crippen molar-refractivity contribution in [2.45, 2.75) is 26.3 Å². The van der Waals surface area contributed by atoms with E-state index in [0.29, 0.717) is 16.0 Å². The molecule has 0 unspecified atom stereocenters. The summed E-state index contributed by atoms with van der Waals surface area (Å²) in [5.41, 5.74) is 2.90. The van der Waals surface area contributed by atoms with Gasteiger partial charge in [0.05, 0.1) is 17.2 Å². The Morgan fingerprint density at radius 2 is 1.97 bits per heavy atom. The third-order valence-electron chi connectivity index (χ3n) is 4.66. The molecule has 0 spiro atoms. The minimum Gasteiger partial charge on any atom is -0.302 e. The summed E-state index contributed by atoms with van der Waals surface area (Å²) >= 11 is 4.83. The molecule has 1 amide bonds. The molecule has 4 rings (SSSR count). The normalized spacial score (nSPS) is 11.0. The second-order valence-corrected chi connectivity index (χ2v) is 9.03. The number of nitrogens with one attached hydrogen (secondary N) is 1. The number of aromatic nitrogens is 3. The van der Waals surface area contributed by atoms with Gasteiger partial charge in [0.25, 0.3) is 5.56 Å². The summed E-state index contributed by atoms with van der Waals surface area (Å²) in [6.07, 6.45) is 4.21. The fourth-order valence-electron chi connectivity index (χ4n) is 3.05. The van der Waals surface area contributed by atoms with Crippen molar-refractivity contribution in [1.29, 1.82) is 0 Å². The Labute approximate surface area is 185 Å². The zero-order valence-electron chi connectivity index (χ0n) is 16.3. The number of hydrogen-bond acceptors (Lipinski definition) is 5. The summed E-state index contributed by atoms with van der Waals surface area (Å²) in [7, 11) is 0. The summed E-state index contributed by atoms with van der Waals surface area (Å²) in [5.74, 6) is -0.188. The molecule has 0 saturated heterocycles. The Hall–Kier alpha value is -2.84. The number of benzene rings is 2. The van der Waals surface area contributed by atoms with Gasteiger partial charge in [0.1, 0.15) is 0 Å². The second kappa shape index (κ2) is 8.89. The van der Waals surface area contributed by atoms with Gasteiger partial charge >= 0.3 is 0 Å². The predicted molar refractivity (Wildman–Crippen MR) is 123 cm³/mol. The molecule has 0 saturated carbocycles. The van der Waals surface area contributed by atoms with Gasteiger partial charge in [0, 0.05) is 34.9 Å². The lowest BCUT2D eigenvalue weighted by Crippen LogP contribution is -2.23. The van der Waals surface area contributed by atoms with Crippen molar-refractivity contribution in [3.05, 3.63) is 85.8 Å². The standard InChI is InChI=1S/C22H19BrN4O2S/c1-14-2-4-15(5-3-14)10-17-12-24-22(30-17)26-20(28)8-9-27-13-25-19-7-6-16(23)11-18(19)21(27)29/h2-7,11-13H,8-10H2,1H3,(H,24,26,28). The van der Waals surface area contributed by atoms with E-state index < -0.39 is 0 Å². The molecule has 0 atom stereocenters. The van der Waals surface area contributed by atoms with E-state index in [-0.39, 0.29) is 24.4 Å². The molecular weight excluding hydrogens is 464 g/mol. The minimum absolute atomic E-state index is 0.161. The monoisotopic (exact) mass is 482 g/mol. The summed E-state index contributed by atoms with van der Waals surface area (Å²) in [6.45, 7) is 2.31. The van der Waals surface area contributed by atoms with E-state index in [9.17, 15) is 9.59 Å². The number of thiazole rings is 1. The van der Waals surface area contributed by atoms with Gasteiger partial charge in [-0.25, -0.2) is 9.97 Å². The molecule has 0 radical (unpaired) electrons. The molecule has 0 aliphatic heterocycles. The molecule has 6 nitrogen and oxygen atoms in total. The van der Waals surface area contributed by atoms with Crippen LogP contribution < -0.4 is 10.9 Å². The predicted octanol–water partition coefficient (Wildman–Crippen LogP) is 4.54. The van der Waals surface area contributed by atoms with Crippen molar-refractivity contribution >= 4 is 49.2 Å². The van der Waals surface area contributed by atoms with Crippen LogP contribution in [0.4, 0.5) is 5.13 Å². The molecule has 8 heteroatoms. The van der Waals surface area contributed by atoms with E-state index in [0.717, 1.165) is 15.8 Å². The van der Waals surface area contributed by atoms with Gasteiger partial charge in [-0.1, -0.05) is 45.8 Å². The number of nitrogens with zero attached hydrogens (tertiary/aromatic N) is 3. The molecule has 0 bridgehead atoms. The van der Waals surface area contributed by atoms with Crippen LogP contribution in [0.1, 0.15) is 22.4 Å². The summed E-state index contributed by atoms with van der Waals surface area (Å²) in [5, 5.41) is 3.90.